The molecule has 6 nitrogen and oxygen atoms in total. The number of aryl methyl sites for hydroxylation is 1. The minimum absolute atomic E-state index is 0.755. The van der Waals surface area contributed by atoms with Gasteiger partial charge in [0.2, 0.25) is 0 Å². The highest BCUT2D eigenvalue weighted by molar-refractivity contribution is 5.94. The molecule has 1 aliphatic heterocycles. The van der Waals surface area contributed by atoms with E-state index in [1.54, 1.807) is 0 Å². The monoisotopic (exact) mass is 420 g/mol. The Bertz CT molecular complexity index is 1410. The molecule has 3 heterocycles. The zero-order chi connectivity index (χ0) is 21.5. The van der Waals surface area contributed by atoms with E-state index in [0.717, 1.165) is 59.5 Å². The highest BCUT2D eigenvalue weighted by atomic mass is 15.4. The normalized spacial score (nSPS) is 13.4. The second kappa shape index (κ2) is 7.73. The average Bonchev–Trinajstić information content (AvgIpc) is 3.50. The summed E-state index contributed by atoms with van der Waals surface area (Å²) in [6.07, 6.45) is 4.07. The summed E-state index contributed by atoms with van der Waals surface area (Å²) in [5.41, 5.74) is 10.0. The van der Waals surface area contributed by atoms with Gasteiger partial charge < -0.3 is 5.32 Å². The summed E-state index contributed by atoms with van der Waals surface area (Å²) < 4.78 is 1.83. The molecule has 0 atom stereocenters. The fourth-order valence-electron chi connectivity index (χ4n) is 4.43. The van der Waals surface area contributed by atoms with Crippen LogP contribution >= 0.6 is 0 Å². The van der Waals surface area contributed by atoms with E-state index in [-0.39, 0.29) is 0 Å². The quantitative estimate of drug-likeness (QED) is 0.443. The molecule has 0 saturated carbocycles. The van der Waals surface area contributed by atoms with Gasteiger partial charge in [-0.05, 0) is 71.5 Å². The molecule has 6 heteroatoms. The predicted molar refractivity (Wildman–Crippen MR) is 127 cm³/mol. The second-order valence-corrected chi connectivity index (χ2v) is 8.31. The van der Waals surface area contributed by atoms with Crippen molar-refractivity contribution < 1.29 is 0 Å². The minimum atomic E-state index is 0.755. The number of hydrogen-bond donors (Lipinski definition) is 2. The van der Waals surface area contributed by atoms with E-state index >= 15 is 0 Å². The number of benzene rings is 3. The molecule has 32 heavy (non-hydrogen) atoms. The van der Waals surface area contributed by atoms with Gasteiger partial charge in [0.05, 0.1) is 17.4 Å². The molecule has 0 aliphatic carbocycles. The predicted octanol–water partition coefficient (Wildman–Crippen LogP) is 4.69. The Labute approximate surface area is 186 Å². The minimum Gasteiger partial charge on any atom is -0.312 e. The Morgan fingerprint density at radius 2 is 1.81 bits per heavy atom. The van der Waals surface area contributed by atoms with Crippen molar-refractivity contribution in [3.05, 3.63) is 83.6 Å². The van der Waals surface area contributed by atoms with Crippen LogP contribution < -0.4 is 5.32 Å². The summed E-state index contributed by atoms with van der Waals surface area (Å²) in [5.74, 6) is 0. The first-order chi connectivity index (χ1) is 15.8. The highest BCUT2D eigenvalue weighted by Gasteiger charge is 2.15. The number of fused-ring (bicyclic) bond motifs is 2. The first-order valence-electron chi connectivity index (χ1n) is 11.1. The van der Waals surface area contributed by atoms with E-state index in [0.29, 0.717) is 0 Å². The molecule has 0 unspecified atom stereocenters. The van der Waals surface area contributed by atoms with Crippen LogP contribution in [0, 0.1) is 0 Å². The van der Waals surface area contributed by atoms with Crippen molar-refractivity contribution in [1.29, 1.82) is 0 Å². The summed E-state index contributed by atoms with van der Waals surface area (Å²) in [6.45, 7) is 4.11. The Morgan fingerprint density at radius 1 is 0.938 bits per heavy atom. The van der Waals surface area contributed by atoms with Crippen LogP contribution in [0.5, 0.6) is 0 Å². The van der Waals surface area contributed by atoms with Crippen molar-refractivity contribution in [2.75, 3.05) is 6.54 Å². The number of hydrogen-bond acceptors (Lipinski definition) is 4. The van der Waals surface area contributed by atoms with E-state index in [9.17, 15) is 0 Å². The van der Waals surface area contributed by atoms with Crippen LogP contribution in [0.15, 0.2) is 66.9 Å². The molecule has 6 rings (SSSR count). The number of nitrogens with zero attached hydrogens (tertiary/aromatic N) is 4. The van der Waals surface area contributed by atoms with Crippen molar-refractivity contribution in [3.63, 3.8) is 0 Å². The Hall–Kier alpha value is -3.77. The van der Waals surface area contributed by atoms with Gasteiger partial charge in [0, 0.05) is 11.9 Å². The first kappa shape index (κ1) is 19.0. The second-order valence-electron chi connectivity index (χ2n) is 8.31. The molecular formula is C26H24N6. The van der Waals surface area contributed by atoms with Gasteiger partial charge in [0.1, 0.15) is 11.4 Å². The fourth-order valence-corrected chi connectivity index (χ4v) is 4.43. The summed E-state index contributed by atoms with van der Waals surface area (Å²) >= 11 is 0. The third-order valence-corrected chi connectivity index (χ3v) is 6.34. The third kappa shape index (κ3) is 3.29. The molecule has 0 radical (unpaired) electrons. The van der Waals surface area contributed by atoms with Gasteiger partial charge in [-0.2, -0.15) is 5.10 Å². The van der Waals surface area contributed by atoms with Crippen LogP contribution in [0.2, 0.25) is 0 Å². The smallest absolute Gasteiger partial charge is 0.134 e. The summed E-state index contributed by atoms with van der Waals surface area (Å²) in [6, 6.07) is 21.6. The number of nitrogens with one attached hydrogen (secondary N) is 2. The zero-order valence-electron chi connectivity index (χ0n) is 18.0. The van der Waals surface area contributed by atoms with Gasteiger partial charge in [-0.15, -0.1) is 5.10 Å². The van der Waals surface area contributed by atoms with E-state index < -0.39 is 0 Å². The number of rotatable bonds is 4. The van der Waals surface area contributed by atoms with Crippen molar-refractivity contribution >= 4 is 10.9 Å². The lowest BCUT2D eigenvalue weighted by molar-refractivity contribution is 0.642. The molecule has 1 aliphatic rings. The van der Waals surface area contributed by atoms with E-state index in [1.165, 1.54) is 22.3 Å². The summed E-state index contributed by atoms with van der Waals surface area (Å²) in [4.78, 5) is 0. The Kier molecular flexibility index (Phi) is 4.58. The summed E-state index contributed by atoms with van der Waals surface area (Å²) in [5, 5.41) is 21.0. The molecule has 5 aromatic rings. The third-order valence-electron chi connectivity index (χ3n) is 6.34. The van der Waals surface area contributed by atoms with Crippen LogP contribution in [0.4, 0.5) is 0 Å². The lowest BCUT2D eigenvalue weighted by Crippen LogP contribution is -2.23. The molecule has 2 N–H and O–H groups in total. The Balaban J connectivity index is 1.36. The van der Waals surface area contributed by atoms with E-state index in [1.807, 2.05) is 10.9 Å². The molecule has 3 aromatic carbocycles. The largest absolute Gasteiger partial charge is 0.312 e. The lowest BCUT2D eigenvalue weighted by atomic mass is 10.0. The molecular weight excluding hydrogens is 396 g/mol. The average molecular weight is 421 g/mol. The van der Waals surface area contributed by atoms with Gasteiger partial charge >= 0.3 is 0 Å². The standard InChI is InChI=1S/C26H24N6/c1-2-17-3-5-18(6-4-17)20-8-10-24-23(14-20)26(30-28-24)25-16-32(31-29-25)22-9-7-19-11-12-27-15-21(19)13-22/h3-10,13-14,16,27H,2,11-12,15H2,1H3,(H,28,30). The Morgan fingerprint density at radius 3 is 2.69 bits per heavy atom. The fraction of sp³-hybridized carbons (Fsp3) is 0.192. The van der Waals surface area contributed by atoms with Crippen molar-refractivity contribution in [2.45, 2.75) is 26.3 Å². The van der Waals surface area contributed by atoms with Crippen LogP contribution in [-0.2, 0) is 19.4 Å². The SMILES string of the molecule is CCc1ccc(-c2ccc3[nH]nc(-c4cn(-c5ccc6c(c5)CNCC6)nn4)c3c2)cc1. The lowest BCUT2D eigenvalue weighted by Gasteiger charge is -2.17. The maximum absolute atomic E-state index is 4.55. The molecule has 158 valence electrons. The molecule has 0 saturated heterocycles. The maximum atomic E-state index is 4.55. The van der Waals surface area contributed by atoms with Gasteiger partial charge in [-0.1, -0.05) is 48.5 Å². The van der Waals surface area contributed by atoms with Gasteiger partial charge in [-0.3, -0.25) is 5.10 Å². The topological polar surface area (TPSA) is 71.4 Å². The number of aromatic nitrogens is 5. The zero-order valence-corrected chi connectivity index (χ0v) is 18.0. The molecule has 0 amide bonds. The molecule has 0 fully saturated rings. The molecule has 0 spiro atoms. The molecule has 2 aromatic heterocycles. The maximum Gasteiger partial charge on any atom is 0.134 e. The van der Waals surface area contributed by atoms with Gasteiger partial charge in [0.25, 0.3) is 0 Å². The van der Waals surface area contributed by atoms with Crippen molar-refractivity contribution in [1.82, 2.24) is 30.5 Å². The van der Waals surface area contributed by atoms with Crippen LogP contribution in [0.25, 0.3) is 39.1 Å². The van der Waals surface area contributed by atoms with E-state index in [2.05, 4.69) is 93.4 Å². The van der Waals surface area contributed by atoms with Crippen molar-refractivity contribution in [3.8, 4) is 28.2 Å². The van der Waals surface area contributed by atoms with Crippen LogP contribution in [-0.4, -0.2) is 31.7 Å². The van der Waals surface area contributed by atoms with Crippen LogP contribution in [0.3, 0.4) is 0 Å². The number of aromatic amines is 1. The van der Waals surface area contributed by atoms with Gasteiger partial charge in [0.15, 0.2) is 0 Å². The van der Waals surface area contributed by atoms with Gasteiger partial charge in [-0.25, -0.2) is 4.68 Å². The highest BCUT2D eigenvalue weighted by Crippen LogP contribution is 2.30. The number of H-pyrrole nitrogens is 1. The van der Waals surface area contributed by atoms with Crippen LogP contribution in [0.1, 0.15) is 23.6 Å². The van der Waals surface area contributed by atoms with Crippen molar-refractivity contribution in [2.24, 2.45) is 0 Å². The van der Waals surface area contributed by atoms with E-state index in [4.69, 9.17) is 0 Å². The molecule has 0 bridgehead atoms. The summed E-state index contributed by atoms with van der Waals surface area (Å²) in [7, 11) is 0. The first-order valence-corrected chi connectivity index (χ1v) is 11.1.